The predicted octanol–water partition coefficient (Wildman–Crippen LogP) is 2.40. The molecule has 8 heteroatoms. The van der Waals surface area contributed by atoms with Crippen LogP contribution in [0.4, 0.5) is 0 Å². The quantitative estimate of drug-likeness (QED) is 0.586. The Morgan fingerprint density at radius 3 is 2.77 bits per heavy atom. The molecule has 1 aromatic carbocycles. The summed E-state index contributed by atoms with van der Waals surface area (Å²) in [6.45, 7) is 11.2. The Hall–Kier alpha value is -2.42. The fourth-order valence-electron chi connectivity index (χ4n) is 3.46. The monoisotopic (exact) mass is 430 g/mol. The zero-order valence-electron chi connectivity index (χ0n) is 18.8. The van der Waals surface area contributed by atoms with Crippen molar-refractivity contribution in [2.75, 3.05) is 53.0 Å². The summed E-state index contributed by atoms with van der Waals surface area (Å²) in [6.07, 6.45) is 1.44. The number of hydrogen-bond donors (Lipinski definition) is 1. The van der Waals surface area contributed by atoms with Crippen LogP contribution in [0.3, 0.4) is 0 Å². The molecule has 8 nitrogen and oxygen atoms in total. The first-order chi connectivity index (χ1) is 15.0. The van der Waals surface area contributed by atoms with Crippen molar-refractivity contribution in [3.05, 3.63) is 47.7 Å². The largest absolute Gasteiger partial charge is 0.496 e. The van der Waals surface area contributed by atoms with Gasteiger partial charge >= 0.3 is 0 Å². The second-order valence-electron chi connectivity index (χ2n) is 8.21. The van der Waals surface area contributed by atoms with E-state index in [-0.39, 0.29) is 5.91 Å². The second-order valence-corrected chi connectivity index (χ2v) is 8.21. The van der Waals surface area contributed by atoms with Gasteiger partial charge in [0.1, 0.15) is 12.0 Å². The lowest BCUT2D eigenvalue weighted by atomic mass is 10.2. The Bertz CT molecular complexity index is 817. The van der Waals surface area contributed by atoms with Crippen LogP contribution < -0.4 is 10.1 Å². The summed E-state index contributed by atoms with van der Waals surface area (Å²) in [4.78, 5) is 21.4. The van der Waals surface area contributed by atoms with E-state index < -0.39 is 0 Å². The highest BCUT2D eigenvalue weighted by Gasteiger charge is 2.18. The van der Waals surface area contributed by atoms with Gasteiger partial charge in [-0.1, -0.05) is 32.0 Å². The van der Waals surface area contributed by atoms with Crippen LogP contribution in [0.5, 0.6) is 5.75 Å². The fourth-order valence-corrected chi connectivity index (χ4v) is 3.46. The van der Waals surface area contributed by atoms with Gasteiger partial charge in [0.05, 0.1) is 26.9 Å². The van der Waals surface area contributed by atoms with Crippen LogP contribution in [0.1, 0.15) is 35.8 Å². The highest BCUT2D eigenvalue weighted by molar-refractivity contribution is 5.91. The summed E-state index contributed by atoms with van der Waals surface area (Å²) in [6, 6.07) is 8.02. The van der Waals surface area contributed by atoms with Crippen molar-refractivity contribution < 1.29 is 18.7 Å². The molecule has 1 fully saturated rings. The Labute approximate surface area is 184 Å². The Kier molecular flexibility index (Phi) is 8.87. The number of hydrogen-bond acceptors (Lipinski definition) is 7. The van der Waals surface area contributed by atoms with Crippen LogP contribution in [-0.4, -0.2) is 73.7 Å². The molecular formula is C23H34N4O4. The predicted molar refractivity (Wildman–Crippen MR) is 118 cm³/mol. The van der Waals surface area contributed by atoms with Crippen molar-refractivity contribution in [1.82, 2.24) is 20.1 Å². The van der Waals surface area contributed by atoms with Crippen molar-refractivity contribution in [3.63, 3.8) is 0 Å². The van der Waals surface area contributed by atoms with E-state index in [2.05, 4.69) is 40.0 Å². The van der Waals surface area contributed by atoms with Gasteiger partial charge in [-0.15, -0.1) is 0 Å². The average molecular weight is 431 g/mol. The Morgan fingerprint density at radius 1 is 1.26 bits per heavy atom. The SMILES string of the molecule is COc1ccccc1CN(CCN1CCOCC1)Cc1nc(C(=O)NCC(C)C)co1. The van der Waals surface area contributed by atoms with Gasteiger partial charge < -0.3 is 19.2 Å². The summed E-state index contributed by atoms with van der Waals surface area (Å²) >= 11 is 0. The third kappa shape index (κ3) is 7.34. The molecule has 0 spiro atoms. The molecule has 3 rings (SSSR count). The highest BCUT2D eigenvalue weighted by Crippen LogP contribution is 2.20. The van der Waals surface area contributed by atoms with E-state index in [0.29, 0.717) is 37.1 Å². The van der Waals surface area contributed by atoms with Gasteiger partial charge in [0.15, 0.2) is 5.69 Å². The summed E-state index contributed by atoms with van der Waals surface area (Å²) in [5.74, 6) is 1.58. The van der Waals surface area contributed by atoms with Gasteiger partial charge in [-0.05, 0) is 12.0 Å². The number of benzene rings is 1. The lowest BCUT2D eigenvalue weighted by Gasteiger charge is -2.29. The van der Waals surface area contributed by atoms with Crippen molar-refractivity contribution in [2.24, 2.45) is 5.92 Å². The van der Waals surface area contributed by atoms with Crippen molar-refractivity contribution in [1.29, 1.82) is 0 Å². The fraction of sp³-hybridized carbons (Fsp3) is 0.565. The first-order valence-corrected chi connectivity index (χ1v) is 10.9. The topological polar surface area (TPSA) is 80.1 Å². The molecule has 1 aliphatic heterocycles. The number of rotatable bonds is 11. The molecule has 0 aliphatic carbocycles. The van der Waals surface area contributed by atoms with Crippen molar-refractivity contribution in [3.8, 4) is 5.75 Å². The third-order valence-electron chi connectivity index (χ3n) is 5.24. The van der Waals surface area contributed by atoms with Crippen molar-refractivity contribution in [2.45, 2.75) is 26.9 Å². The molecule has 0 atom stereocenters. The van der Waals surface area contributed by atoms with Crippen LogP contribution in [0.15, 0.2) is 34.9 Å². The Balaban J connectivity index is 1.66. The molecular weight excluding hydrogens is 396 g/mol. The number of carbonyl (C=O) groups excluding carboxylic acids is 1. The highest BCUT2D eigenvalue weighted by atomic mass is 16.5. The van der Waals surface area contributed by atoms with E-state index in [1.54, 1.807) is 7.11 Å². The van der Waals surface area contributed by atoms with Gasteiger partial charge in [-0.2, -0.15) is 0 Å². The molecule has 0 bridgehead atoms. The molecule has 2 aromatic rings. The van der Waals surface area contributed by atoms with E-state index in [0.717, 1.165) is 50.7 Å². The number of methoxy groups -OCH3 is 1. The number of para-hydroxylation sites is 1. The van der Waals surface area contributed by atoms with E-state index in [1.165, 1.54) is 6.26 Å². The van der Waals surface area contributed by atoms with Gasteiger partial charge in [0, 0.05) is 44.8 Å². The van der Waals surface area contributed by atoms with E-state index in [4.69, 9.17) is 13.9 Å². The summed E-state index contributed by atoms with van der Waals surface area (Å²) < 4.78 is 16.6. The minimum absolute atomic E-state index is 0.201. The average Bonchev–Trinajstić information content (AvgIpc) is 3.25. The van der Waals surface area contributed by atoms with Crippen LogP contribution in [0, 0.1) is 5.92 Å². The molecule has 0 radical (unpaired) electrons. The summed E-state index contributed by atoms with van der Waals surface area (Å²) in [7, 11) is 1.69. The maximum Gasteiger partial charge on any atom is 0.273 e. The lowest BCUT2D eigenvalue weighted by molar-refractivity contribution is 0.0320. The van der Waals surface area contributed by atoms with E-state index >= 15 is 0 Å². The number of nitrogens with one attached hydrogen (secondary N) is 1. The molecule has 1 saturated heterocycles. The second kappa shape index (κ2) is 11.8. The van der Waals surface area contributed by atoms with Crippen LogP contribution in [-0.2, 0) is 17.8 Å². The molecule has 31 heavy (non-hydrogen) atoms. The first kappa shape index (κ1) is 23.2. The van der Waals surface area contributed by atoms with E-state index in [9.17, 15) is 4.79 Å². The van der Waals surface area contributed by atoms with Gasteiger partial charge in [-0.25, -0.2) is 4.98 Å². The van der Waals surface area contributed by atoms with Crippen LogP contribution in [0.2, 0.25) is 0 Å². The summed E-state index contributed by atoms with van der Waals surface area (Å²) in [5.41, 5.74) is 1.43. The Morgan fingerprint density at radius 2 is 2.03 bits per heavy atom. The molecule has 1 aliphatic rings. The van der Waals surface area contributed by atoms with Crippen LogP contribution >= 0.6 is 0 Å². The lowest BCUT2D eigenvalue weighted by Crippen LogP contribution is -2.41. The van der Waals surface area contributed by atoms with Crippen LogP contribution in [0.25, 0.3) is 0 Å². The van der Waals surface area contributed by atoms with E-state index in [1.807, 2.05) is 18.2 Å². The first-order valence-electron chi connectivity index (χ1n) is 10.9. The molecule has 0 unspecified atom stereocenters. The minimum atomic E-state index is -0.201. The minimum Gasteiger partial charge on any atom is -0.496 e. The zero-order valence-corrected chi connectivity index (χ0v) is 18.8. The smallest absolute Gasteiger partial charge is 0.273 e. The molecule has 0 saturated carbocycles. The maximum atomic E-state index is 12.3. The van der Waals surface area contributed by atoms with Gasteiger partial charge in [-0.3, -0.25) is 14.6 Å². The number of amides is 1. The normalized spacial score (nSPS) is 14.9. The zero-order chi connectivity index (χ0) is 22.1. The number of nitrogens with zero attached hydrogens (tertiary/aromatic N) is 3. The number of ether oxygens (including phenoxy) is 2. The summed E-state index contributed by atoms with van der Waals surface area (Å²) in [5, 5.41) is 2.88. The third-order valence-corrected chi connectivity index (χ3v) is 5.24. The van der Waals surface area contributed by atoms with Crippen molar-refractivity contribution >= 4 is 5.91 Å². The number of oxazole rings is 1. The van der Waals surface area contributed by atoms with Gasteiger partial charge in [0.25, 0.3) is 5.91 Å². The number of aromatic nitrogens is 1. The molecule has 1 N–H and O–H groups in total. The van der Waals surface area contributed by atoms with Gasteiger partial charge in [0.2, 0.25) is 5.89 Å². The number of carbonyl (C=O) groups is 1. The molecule has 1 aromatic heterocycles. The molecule has 2 heterocycles. The maximum absolute atomic E-state index is 12.3. The molecule has 1 amide bonds. The molecule has 170 valence electrons. The standard InChI is InChI=1S/C23H34N4O4/c1-18(2)14-24-23(28)20-17-31-22(25-20)16-27(9-8-26-10-12-30-13-11-26)15-19-6-4-5-7-21(19)29-3/h4-7,17-18H,8-16H2,1-3H3,(H,24,28). The number of morpholine rings is 1.